The van der Waals surface area contributed by atoms with E-state index >= 15 is 0 Å². The third-order valence-electron chi connectivity index (χ3n) is 4.23. The van der Waals surface area contributed by atoms with Gasteiger partial charge in [0.15, 0.2) is 11.5 Å². The molecule has 1 aromatic carbocycles. The number of nitrogens with one attached hydrogen (secondary N) is 1. The number of hydrogen-bond acceptors (Lipinski definition) is 4. The average Bonchev–Trinajstić information content (AvgIpc) is 2.90. The van der Waals surface area contributed by atoms with E-state index in [0.29, 0.717) is 37.6 Å². The van der Waals surface area contributed by atoms with Gasteiger partial charge in [0.2, 0.25) is 0 Å². The number of benzene rings is 1. The van der Waals surface area contributed by atoms with Crippen LogP contribution in [0.2, 0.25) is 0 Å². The van der Waals surface area contributed by atoms with Crippen molar-refractivity contribution in [1.82, 2.24) is 10.2 Å². The van der Waals surface area contributed by atoms with Gasteiger partial charge in [0.1, 0.15) is 0 Å². The van der Waals surface area contributed by atoms with E-state index in [2.05, 4.69) is 5.32 Å². The van der Waals surface area contributed by atoms with Gasteiger partial charge in [0.05, 0.1) is 14.2 Å². The zero-order valence-electron chi connectivity index (χ0n) is 14.5. The topological polar surface area (TPSA) is 67.9 Å². The number of carbonyl (C=O) groups excluding carboxylic acids is 2. The summed E-state index contributed by atoms with van der Waals surface area (Å²) in [5.74, 6) is 0.394. The first-order valence-corrected chi connectivity index (χ1v) is 8.43. The number of methoxy groups -OCH3 is 2. The lowest BCUT2D eigenvalue weighted by Gasteiger charge is -2.19. The van der Waals surface area contributed by atoms with Crippen LogP contribution < -0.4 is 14.8 Å². The van der Waals surface area contributed by atoms with Gasteiger partial charge in [0.25, 0.3) is 0 Å². The first kappa shape index (κ1) is 18.1. The summed E-state index contributed by atoms with van der Waals surface area (Å²) < 4.78 is 10.5. The van der Waals surface area contributed by atoms with Crippen LogP contribution in [0, 0.1) is 0 Å². The molecule has 0 aromatic heterocycles. The van der Waals surface area contributed by atoms with Gasteiger partial charge in [-0.15, -0.1) is 0 Å². The predicted octanol–water partition coefficient (Wildman–Crippen LogP) is 1.77. The van der Waals surface area contributed by atoms with Crippen molar-refractivity contribution in [3.05, 3.63) is 23.8 Å². The van der Waals surface area contributed by atoms with Crippen LogP contribution in [-0.4, -0.2) is 50.6 Å². The lowest BCUT2D eigenvalue weighted by molar-refractivity contribution is -0.145. The molecule has 0 spiro atoms. The van der Waals surface area contributed by atoms with Gasteiger partial charge in [-0.05, 0) is 37.0 Å². The molecule has 1 aromatic rings. The first-order valence-electron chi connectivity index (χ1n) is 8.43. The minimum atomic E-state index is -0.516. The molecule has 1 aliphatic heterocycles. The van der Waals surface area contributed by atoms with Crippen molar-refractivity contribution in [2.75, 3.05) is 33.9 Å². The molecular formula is C18H26N2O4. The number of rotatable bonds is 5. The molecule has 1 fully saturated rings. The lowest BCUT2D eigenvalue weighted by atomic mass is 10.1. The number of ether oxygens (including phenoxy) is 2. The number of likely N-dealkylation sites (tertiary alicyclic amines) is 1. The van der Waals surface area contributed by atoms with Crippen molar-refractivity contribution in [2.45, 2.75) is 32.1 Å². The van der Waals surface area contributed by atoms with E-state index in [4.69, 9.17) is 9.47 Å². The summed E-state index contributed by atoms with van der Waals surface area (Å²) in [5.41, 5.74) is 1.01. The third kappa shape index (κ3) is 4.88. The van der Waals surface area contributed by atoms with E-state index in [-0.39, 0.29) is 0 Å². The van der Waals surface area contributed by atoms with Crippen molar-refractivity contribution < 1.29 is 19.1 Å². The number of carbonyl (C=O) groups is 2. The smallest absolute Gasteiger partial charge is 0.311 e. The summed E-state index contributed by atoms with van der Waals surface area (Å²) in [5, 5.41) is 2.71. The molecule has 6 heteroatoms. The second kappa shape index (κ2) is 9.15. The molecule has 1 N–H and O–H groups in total. The highest BCUT2D eigenvalue weighted by Crippen LogP contribution is 2.27. The van der Waals surface area contributed by atoms with Gasteiger partial charge in [-0.25, -0.2) is 0 Å². The van der Waals surface area contributed by atoms with E-state index < -0.39 is 11.8 Å². The Morgan fingerprint density at radius 2 is 1.71 bits per heavy atom. The van der Waals surface area contributed by atoms with Gasteiger partial charge in [-0.1, -0.05) is 18.9 Å². The molecule has 1 aliphatic rings. The van der Waals surface area contributed by atoms with Crippen LogP contribution in [0.4, 0.5) is 0 Å². The molecule has 1 heterocycles. The van der Waals surface area contributed by atoms with Crippen LogP contribution in [-0.2, 0) is 16.0 Å². The Hall–Kier alpha value is -2.24. The summed E-state index contributed by atoms with van der Waals surface area (Å²) >= 11 is 0. The Morgan fingerprint density at radius 1 is 1.04 bits per heavy atom. The summed E-state index contributed by atoms with van der Waals surface area (Å²) in [4.78, 5) is 25.8. The van der Waals surface area contributed by atoms with Gasteiger partial charge in [-0.2, -0.15) is 0 Å². The minimum Gasteiger partial charge on any atom is -0.493 e. The van der Waals surface area contributed by atoms with Gasteiger partial charge < -0.3 is 19.7 Å². The maximum atomic E-state index is 12.2. The molecule has 132 valence electrons. The van der Waals surface area contributed by atoms with Gasteiger partial charge >= 0.3 is 11.8 Å². The summed E-state index contributed by atoms with van der Waals surface area (Å²) in [6.45, 7) is 1.78. The molecular weight excluding hydrogens is 308 g/mol. The number of amides is 2. The SMILES string of the molecule is COc1ccc(CCNC(=O)C(=O)N2CCCCCC2)cc1OC. The Kier molecular flexibility index (Phi) is 6.90. The third-order valence-corrected chi connectivity index (χ3v) is 4.23. The van der Waals surface area contributed by atoms with Crippen LogP contribution in [0.15, 0.2) is 18.2 Å². The molecule has 6 nitrogen and oxygen atoms in total. The molecule has 0 unspecified atom stereocenters. The molecule has 0 saturated carbocycles. The molecule has 0 bridgehead atoms. The normalized spacial score (nSPS) is 14.7. The van der Waals surface area contributed by atoms with Crippen LogP contribution >= 0.6 is 0 Å². The van der Waals surface area contributed by atoms with Crippen LogP contribution in [0.3, 0.4) is 0 Å². The highest BCUT2D eigenvalue weighted by molar-refractivity contribution is 6.35. The van der Waals surface area contributed by atoms with Crippen molar-refractivity contribution in [3.63, 3.8) is 0 Å². The molecule has 0 radical (unpaired) electrons. The fourth-order valence-corrected chi connectivity index (χ4v) is 2.85. The predicted molar refractivity (Wildman–Crippen MR) is 91.3 cm³/mol. The van der Waals surface area contributed by atoms with Crippen molar-refractivity contribution in [2.24, 2.45) is 0 Å². The fraction of sp³-hybridized carbons (Fsp3) is 0.556. The Bertz CT molecular complexity index is 566. The zero-order chi connectivity index (χ0) is 17.4. The lowest BCUT2D eigenvalue weighted by Crippen LogP contribution is -2.43. The largest absolute Gasteiger partial charge is 0.493 e. The average molecular weight is 334 g/mol. The van der Waals surface area contributed by atoms with Gasteiger partial charge in [0, 0.05) is 19.6 Å². The van der Waals surface area contributed by atoms with Crippen LogP contribution in [0.5, 0.6) is 11.5 Å². The molecule has 1 saturated heterocycles. The van der Waals surface area contributed by atoms with E-state index in [0.717, 1.165) is 31.2 Å². The maximum Gasteiger partial charge on any atom is 0.311 e. The Labute approximate surface area is 143 Å². The van der Waals surface area contributed by atoms with Crippen molar-refractivity contribution in [1.29, 1.82) is 0 Å². The first-order chi connectivity index (χ1) is 11.7. The van der Waals surface area contributed by atoms with E-state index in [1.165, 1.54) is 0 Å². The summed E-state index contributed by atoms with van der Waals surface area (Å²) in [6, 6.07) is 5.63. The monoisotopic (exact) mass is 334 g/mol. The standard InChI is InChI=1S/C18H26N2O4/c1-23-15-8-7-14(13-16(15)24-2)9-10-19-17(21)18(22)20-11-5-3-4-6-12-20/h7-8,13H,3-6,9-12H2,1-2H3,(H,19,21). The minimum absolute atomic E-state index is 0.411. The quantitative estimate of drug-likeness (QED) is 0.833. The number of hydrogen-bond donors (Lipinski definition) is 1. The Balaban J connectivity index is 1.82. The van der Waals surface area contributed by atoms with E-state index in [9.17, 15) is 9.59 Å². The zero-order valence-corrected chi connectivity index (χ0v) is 14.5. The molecule has 2 amide bonds. The number of nitrogens with zero attached hydrogens (tertiary/aromatic N) is 1. The second-order valence-electron chi connectivity index (χ2n) is 5.90. The van der Waals surface area contributed by atoms with Crippen LogP contribution in [0.25, 0.3) is 0 Å². The highest BCUT2D eigenvalue weighted by Gasteiger charge is 2.22. The summed E-state index contributed by atoms with van der Waals surface area (Å²) in [7, 11) is 3.18. The highest BCUT2D eigenvalue weighted by atomic mass is 16.5. The Morgan fingerprint density at radius 3 is 2.33 bits per heavy atom. The molecule has 0 atom stereocenters. The maximum absolute atomic E-state index is 12.2. The summed E-state index contributed by atoms with van der Waals surface area (Å²) in [6.07, 6.45) is 4.84. The van der Waals surface area contributed by atoms with Crippen molar-refractivity contribution >= 4 is 11.8 Å². The van der Waals surface area contributed by atoms with Crippen LogP contribution in [0.1, 0.15) is 31.2 Å². The molecule has 24 heavy (non-hydrogen) atoms. The van der Waals surface area contributed by atoms with E-state index in [1.54, 1.807) is 19.1 Å². The van der Waals surface area contributed by atoms with E-state index in [1.807, 2.05) is 18.2 Å². The van der Waals surface area contributed by atoms with Crippen molar-refractivity contribution in [3.8, 4) is 11.5 Å². The molecule has 0 aliphatic carbocycles. The fourth-order valence-electron chi connectivity index (χ4n) is 2.85. The second-order valence-corrected chi connectivity index (χ2v) is 5.90. The molecule has 2 rings (SSSR count). The van der Waals surface area contributed by atoms with Gasteiger partial charge in [-0.3, -0.25) is 9.59 Å².